The van der Waals surface area contributed by atoms with Gasteiger partial charge in [0.05, 0.1) is 13.2 Å². The second-order valence-corrected chi connectivity index (χ2v) is 12.7. The van der Waals surface area contributed by atoms with E-state index >= 15 is 0 Å². The molecule has 1 aromatic heterocycles. The van der Waals surface area contributed by atoms with E-state index in [0.29, 0.717) is 24.0 Å². The molecule has 50 heavy (non-hydrogen) atoms. The van der Waals surface area contributed by atoms with Gasteiger partial charge in [0.15, 0.2) is 12.5 Å². The number of aromatic nitrogens is 2. The van der Waals surface area contributed by atoms with Crippen molar-refractivity contribution in [3.05, 3.63) is 33.1 Å². The van der Waals surface area contributed by atoms with Gasteiger partial charge in [-0.1, -0.05) is 27.7 Å². The Labute approximate surface area is 332 Å². The number of H-pyrrole nitrogens is 1. The second-order valence-electron chi connectivity index (χ2n) is 9.80. The van der Waals surface area contributed by atoms with Crippen LogP contribution in [0.25, 0.3) is 0 Å². The number of nitrogens with one attached hydrogen (secondary N) is 3. The van der Waals surface area contributed by atoms with Gasteiger partial charge >= 0.3 is 64.8 Å². The van der Waals surface area contributed by atoms with Crippen molar-refractivity contribution in [2.75, 3.05) is 26.8 Å². The summed E-state index contributed by atoms with van der Waals surface area (Å²) in [6, 6.07) is -0.849. The maximum Gasteiger partial charge on any atom is 1.00 e. The van der Waals surface area contributed by atoms with Crippen LogP contribution in [0.15, 0.2) is 21.9 Å². The van der Waals surface area contributed by atoms with E-state index in [9.17, 15) is 58.8 Å². The molecule has 1 aromatic rings. The smallest absolute Gasteiger partial charge is 0.756 e. The molecule has 2 aliphatic rings. The molecular formula is C25H46N4Na2O17P2. The van der Waals surface area contributed by atoms with Gasteiger partial charge in [-0.2, -0.15) is 0 Å². The molecule has 0 spiro atoms. The third kappa shape index (κ3) is 15.8. The number of hydrogen-bond acceptors (Lipinski definition) is 18. The van der Waals surface area contributed by atoms with Crippen molar-refractivity contribution >= 4 is 21.6 Å². The number of rotatable bonds is 15. The molecule has 2 fully saturated rings. The van der Waals surface area contributed by atoms with E-state index in [1.54, 1.807) is 7.05 Å². The van der Waals surface area contributed by atoms with Crippen molar-refractivity contribution in [1.29, 1.82) is 0 Å². The van der Waals surface area contributed by atoms with Gasteiger partial charge in [0.25, 0.3) is 21.2 Å². The van der Waals surface area contributed by atoms with Crippen molar-refractivity contribution in [3.63, 3.8) is 0 Å². The van der Waals surface area contributed by atoms with Crippen LogP contribution in [0.2, 0.25) is 0 Å². The van der Waals surface area contributed by atoms with Gasteiger partial charge in [-0.25, -0.2) is 9.11 Å². The Kier molecular flexibility index (Phi) is 26.3. The first kappa shape index (κ1) is 52.2. The van der Waals surface area contributed by atoms with Crippen LogP contribution in [0.3, 0.4) is 0 Å². The maximum absolute atomic E-state index is 12.5. The molecule has 8 N–H and O–H groups in total. The molecule has 280 valence electrons. The Morgan fingerprint density at radius 3 is 2.12 bits per heavy atom. The van der Waals surface area contributed by atoms with E-state index in [-0.39, 0.29) is 65.5 Å². The average Bonchev–Trinajstić information content (AvgIpc) is 3.31. The minimum atomic E-state index is -5.98. The molecular weight excluding hydrogens is 736 g/mol. The quantitative estimate of drug-likeness (QED) is 0.0465. The molecule has 0 saturated carbocycles. The third-order valence-corrected chi connectivity index (χ3v) is 9.11. The molecule has 0 radical (unpaired) electrons. The molecule has 0 aliphatic carbocycles. The molecule has 0 bridgehead atoms. The van der Waals surface area contributed by atoms with Crippen LogP contribution >= 0.6 is 15.6 Å². The summed E-state index contributed by atoms with van der Waals surface area (Å²) < 4.78 is 49.1. The van der Waals surface area contributed by atoms with Crippen molar-refractivity contribution < 1.29 is 131 Å². The largest absolute Gasteiger partial charge is 1.00 e. The summed E-state index contributed by atoms with van der Waals surface area (Å²) in [4.78, 5) is 62.4. The molecule has 1 amide bonds. The topological polar surface area (TPSA) is 324 Å². The zero-order chi connectivity index (χ0) is 36.8. The zero-order valence-corrected chi connectivity index (χ0v) is 34.9. The van der Waals surface area contributed by atoms with Gasteiger partial charge in [-0.05, 0) is 26.4 Å². The monoisotopic (exact) mass is 782 g/mol. The first-order valence-electron chi connectivity index (χ1n) is 15.1. The Hall–Kier alpha value is 0.0900. The summed E-state index contributed by atoms with van der Waals surface area (Å²) in [5.41, 5.74) is -1.79. The number of amides is 1. The number of unbranched alkanes of at least 4 members (excludes halogenated alkanes) is 1. The Morgan fingerprint density at radius 2 is 1.56 bits per heavy atom. The average molecular weight is 783 g/mol. The number of phosphoric acid groups is 2. The molecule has 2 aliphatic heterocycles. The summed E-state index contributed by atoms with van der Waals surface area (Å²) in [5, 5.41) is 55.7. The fourth-order valence-corrected chi connectivity index (χ4v) is 6.44. The fraction of sp³-hybridized carbons (Fsp3) is 0.800. The minimum Gasteiger partial charge on any atom is -0.756 e. The number of phosphoric ester groups is 2. The third-order valence-electron chi connectivity index (χ3n) is 6.58. The maximum atomic E-state index is 12.5. The molecule has 2 saturated heterocycles. The minimum absolute atomic E-state index is 0. The van der Waals surface area contributed by atoms with Gasteiger partial charge in [0, 0.05) is 18.7 Å². The number of carbonyl (C=O) groups excluding carboxylic acids is 1. The van der Waals surface area contributed by atoms with Crippen LogP contribution < -0.4 is 90.8 Å². The van der Waals surface area contributed by atoms with Gasteiger partial charge in [0.2, 0.25) is 5.91 Å². The van der Waals surface area contributed by atoms with Gasteiger partial charge in [-0.3, -0.25) is 32.8 Å². The van der Waals surface area contributed by atoms with Crippen LogP contribution in [-0.4, -0.2) is 117 Å². The number of ether oxygens (including phenoxy) is 2. The van der Waals surface area contributed by atoms with Crippen LogP contribution in [0.1, 0.15) is 53.2 Å². The van der Waals surface area contributed by atoms with Crippen molar-refractivity contribution in [1.82, 2.24) is 20.2 Å². The first-order chi connectivity index (χ1) is 22.6. The van der Waals surface area contributed by atoms with Gasteiger partial charge < -0.3 is 60.0 Å². The Bertz CT molecular complexity index is 1340. The number of aliphatic hydroxyl groups excluding tert-OH is 5. The summed E-state index contributed by atoms with van der Waals surface area (Å²) >= 11 is 0. The van der Waals surface area contributed by atoms with E-state index in [0.717, 1.165) is 12.3 Å². The number of aromatic amines is 1. The number of carbonyl (C=O) groups is 1. The second kappa shape index (κ2) is 25.2. The van der Waals surface area contributed by atoms with Crippen molar-refractivity contribution in [3.8, 4) is 0 Å². The van der Waals surface area contributed by atoms with Crippen molar-refractivity contribution in [2.45, 2.75) is 102 Å². The molecule has 3 heterocycles. The summed E-state index contributed by atoms with van der Waals surface area (Å²) in [6.07, 6.45) is -12.6. The summed E-state index contributed by atoms with van der Waals surface area (Å²) in [7, 11) is -10.1. The zero-order valence-electron chi connectivity index (χ0n) is 29.1. The summed E-state index contributed by atoms with van der Waals surface area (Å²) in [6.45, 7) is 6.54. The Morgan fingerprint density at radius 1 is 0.960 bits per heavy atom. The molecule has 3 rings (SSSR count). The van der Waals surface area contributed by atoms with E-state index < -0.39 is 101 Å². The SMILES string of the molecule is CC.CC.CNCCCCC(=O)NC1[C@@H](OP(=O)([O-])OP(=O)([O-])OCC2OC(n3ccc(=O)[nH]c3=O)C(O)C2O)OC(CO)[C@H](O)[C@@H]1O.[Na+].[Na+]. The standard InChI is InChI=1S/C21H36N4O17P2.2C2H6.2Na/c1-22-6-3-2-4-12(27)23-14-17(31)15(29)10(8-26)40-20(14)41-44(36,37)42-43(34,35)38-9-11-16(30)18(32)19(39-11)25-7-5-13(28)24-21(25)33;2*1-2;;/h5,7,10-11,14-20,22,26,29-32H,2-4,6,8-9H2,1H3,(H,23,27)(H,34,35)(H,36,37)(H,24,28,33);2*1-2H3;;/q;;;2*+1/p-2/t10?,11?,14?,15-,16?,17+,18?,19?,20+;;;;/m0..../s1. The van der Waals surface area contributed by atoms with E-state index in [1.165, 1.54) is 0 Å². The molecule has 8 unspecified atom stereocenters. The van der Waals surface area contributed by atoms with Crippen LogP contribution in [0, 0.1) is 0 Å². The normalized spacial score (nSPS) is 29.6. The number of aliphatic hydroxyl groups is 5. The first-order valence-corrected chi connectivity index (χ1v) is 18.1. The molecule has 0 aromatic carbocycles. The van der Waals surface area contributed by atoms with E-state index in [4.69, 9.17) is 9.47 Å². The van der Waals surface area contributed by atoms with Gasteiger partial charge in [0.1, 0.15) is 42.7 Å². The molecule has 11 atom stereocenters. The Balaban J connectivity index is 0. The number of nitrogens with zero attached hydrogens (tertiary/aromatic N) is 1. The van der Waals surface area contributed by atoms with Crippen molar-refractivity contribution in [2.24, 2.45) is 0 Å². The summed E-state index contributed by atoms with van der Waals surface area (Å²) in [5.74, 6) is -0.698. The number of hydrogen-bond donors (Lipinski definition) is 8. The predicted molar refractivity (Wildman–Crippen MR) is 161 cm³/mol. The fourth-order valence-electron chi connectivity index (χ4n) is 4.35. The molecule has 21 nitrogen and oxygen atoms in total. The van der Waals surface area contributed by atoms with Crippen LogP contribution in [0.4, 0.5) is 0 Å². The van der Waals surface area contributed by atoms with E-state index in [2.05, 4.69) is 24.0 Å². The predicted octanol–water partition coefficient (Wildman–Crippen LogP) is -9.48. The van der Waals surface area contributed by atoms with E-state index in [1.807, 2.05) is 32.7 Å². The van der Waals surface area contributed by atoms with Gasteiger partial charge in [-0.15, -0.1) is 0 Å². The van der Waals surface area contributed by atoms with Crippen LogP contribution in [0.5, 0.6) is 0 Å². The van der Waals surface area contributed by atoms with Crippen LogP contribution in [-0.2, 0) is 36.8 Å². The molecule has 25 heteroatoms.